The molecule has 0 unspecified atom stereocenters. The van der Waals surface area contributed by atoms with Gasteiger partial charge in [0.1, 0.15) is 5.54 Å². The third kappa shape index (κ3) is 2.26. The zero-order valence-electron chi connectivity index (χ0n) is 11.0. The third-order valence-electron chi connectivity index (χ3n) is 3.70. The van der Waals surface area contributed by atoms with Gasteiger partial charge in [-0.25, -0.2) is 0 Å². The maximum absolute atomic E-state index is 12.6. The molecular weight excluding hydrogens is 254 g/mol. The second-order valence-electron chi connectivity index (χ2n) is 5.35. The molecule has 0 bridgehead atoms. The van der Waals surface area contributed by atoms with Gasteiger partial charge in [-0.3, -0.25) is 4.79 Å². The van der Waals surface area contributed by atoms with Gasteiger partial charge in [0, 0.05) is 26.2 Å². The summed E-state index contributed by atoms with van der Waals surface area (Å²) < 4.78 is 28.0. The van der Waals surface area contributed by atoms with E-state index in [9.17, 15) is 13.2 Å². The molecule has 104 valence electrons. The van der Waals surface area contributed by atoms with Gasteiger partial charge in [-0.1, -0.05) is 6.42 Å². The number of carbonyl (C=O) groups excluding carboxylic acids is 1. The molecule has 6 nitrogen and oxygen atoms in total. The van der Waals surface area contributed by atoms with Gasteiger partial charge in [0.25, 0.3) is 10.2 Å². The average Bonchev–Trinajstić information content (AvgIpc) is 2.33. The summed E-state index contributed by atoms with van der Waals surface area (Å²) in [6.45, 7) is 5.17. The number of hydrogen-bond acceptors (Lipinski definition) is 3. The molecule has 2 heterocycles. The Morgan fingerprint density at radius 2 is 1.72 bits per heavy atom. The van der Waals surface area contributed by atoms with Crippen LogP contribution >= 0.6 is 0 Å². The lowest BCUT2D eigenvalue weighted by Crippen LogP contribution is -2.65. The molecule has 0 saturated carbocycles. The first kappa shape index (κ1) is 13.8. The molecule has 18 heavy (non-hydrogen) atoms. The van der Waals surface area contributed by atoms with Crippen molar-refractivity contribution in [1.82, 2.24) is 13.9 Å². The summed E-state index contributed by atoms with van der Waals surface area (Å²) in [6, 6.07) is 0. The van der Waals surface area contributed by atoms with Crippen molar-refractivity contribution in [3.63, 3.8) is 0 Å². The zero-order valence-corrected chi connectivity index (χ0v) is 11.8. The highest BCUT2D eigenvalue weighted by Gasteiger charge is 2.46. The molecule has 0 aromatic heterocycles. The van der Waals surface area contributed by atoms with Crippen LogP contribution in [0.2, 0.25) is 0 Å². The molecule has 7 heteroatoms. The van der Waals surface area contributed by atoms with E-state index in [4.69, 9.17) is 0 Å². The monoisotopic (exact) mass is 275 g/mol. The van der Waals surface area contributed by atoms with E-state index in [1.54, 1.807) is 13.8 Å². The highest BCUT2D eigenvalue weighted by molar-refractivity contribution is 7.86. The van der Waals surface area contributed by atoms with E-state index in [2.05, 4.69) is 5.32 Å². The summed E-state index contributed by atoms with van der Waals surface area (Å²) in [5, 5.41) is 2.71. The Bertz CT molecular complexity index is 427. The lowest BCUT2D eigenvalue weighted by Gasteiger charge is -2.42. The van der Waals surface area contributed by atoms with Gasteiger partial charge in [-0.2, -0.15) is 17.0 Å². The highest BCUT2D eigenvalue weighted by Crippen LogP contribution is 2.25. The molecular formula is C11H21N3O3S. The van der Waals surface area contributed by atoms with Crippen LogP contribution in [0, 0.1) is 0 Å². The Morgan fingerprint density at radius 1 is 1.11 bits per heavy atom. The molecule has 0 radical (unpaired) electrons. The minimum Gasteiger partial charge on any atom is -0.353 e. The number of nitrogens with one attached hydrogen (secondary N) is 1. The lowest BCUT2D eigenvalue weighted by molar-refractivity contribution is -0.131. The van der Waals surface area contributed by atoms with Crippen LogP contribution in [0.5, 0.6) is 0 Å². The van der Waals surface area contributed by atoms with Gasteiger partial charge >= 0.3 is 0 Å². The van der Waals surface area contributed by atoms with E-state index in [-0.39, 0.29) is 5.91 Å². The van der Waals surface area contributed by atoms with Crippen molar-refractivity contribution in [2.24, 2.45) is 0 Å². The smallest absolute Gasteiger partial charge is 0.283 e. The number of amides is 1. The summed E-state index contributed by atoms with van der Waals surface area (Å²) in [5.41, 5.74) is -1.01. The summed E-state index contributed by atoms with van der Waals surface area (Å²) in [5.74, 6) is -0.227. The molecule has 0 aromatic rings. The van der Waals surface area contributed by atoms with Crippen LogP contribution in [0.1, 0.15) is 33.1 Å². The normalized spacial score (nSPS) is 26.9. The third-order valence-corrected chi connectivity index (χ3v) is 5.91. The topological polar surface area (TPSA) is 69.7 Å². The van der Waals surface area contributed by atoms with Crippen molar-refractivity contribution < 1.29 is 13.2 Å². The molecule has 2 aliphatic heterocycles. The minimum atomic E-state index is -3.52. The zero-order chi connectivity index (χ0) is 13.4. The molecule has 2 aliphatic rings. The summed E-state index contributed by atoms with van der Waals surface area (Å²) in [4.78, 5) is 11.8. The van der Waals surface area contributed by atoms with Gasteiger partial charge in [0.2, 0.25) is 5.91 Å². The fourth-order valence-electron chi connectivity index (χ4n) is 2.52. The highest BCUT2D eigenvalue weighted by atomic mass is 32.2. The number of nitrogens with zero attached hydrogens (tertiary/aromatic N) is 2. The van der Waals surface area contributed by atoms with Crippen LogP contribution in [0.25, 0.3) is 0 Å². The Labute approximate surface area is 109 Å². The summed E-state index contributed by atoms with van der Waals surface area (Å²) in [6.07, 6.45) is 2.88. The van der Waals surface area contributed by atoms with Gasteiger partial charge < -0.3 is 5.32 Å². The van der Waals surface area contributed by atoms with Crippen LogP contribution in [0.15, 0.2) is 0 Å². The Hall–Kier alpha value is -0.660. The Balaban J connectivity index is 2.25. The van der Waals surface area contributed by atoms with Crippen molar-refractivity contribution in [2.75, 3.05) is 26.2 Å². The van der Waals surface area contributed by atoms with Crippen LogP contribution in [-0.4, -0.2) is 54.7 Å². The van der Waals surface area contributed by atoms with E-state index >= 15 is 0 Å². The number of piperazine rings is 1. The van der Waals surface area contributed by atoms with Gasteiger partial charge in [-0.05, 0) is 26.7 Å². The second kappa shape index (κ2) is 4.79. The number of carbonyl (C=O) groups is 1. The SMILES string of the molecule is CC1(C)C(=O)NCCN1S(=O)(=O)N1CCCCC1. The molecule has 1 N–H and O–H groups in total. The number of rotatable bonds is 2. The molecule has 0 aromatic carbocycles. The van der Waals surface area contributed by atoms with E-state index < -0.39 is 15.7 Å². The van der Waals surface area contributed by atoms with E-state index in [0.29, 0.717) is 26.2 Å². The van der Waals surface area contributed by atoms with E-state index in [1.165, 1.54) is 8.61 Å². The molecule has 0 spiro atoms. The minimum absolute atomic E-state index is 0.227. The largest absolute Gasteiger partial charge is 0.353 e. The first-order chi connectivity index (χ1) is 8.37. The Kier molecular flexibility index (Phi) is 3.66. The second-order valence-corrected chi connectivity index (χ2v) is 7.21. The Morgan fingerprint density at radius 3 is 2.33 bits per heavy atom. The molecule has 2 fully saturated rings. The predicted molar refractivity (Wildman–Crippen MR) is 68.1 cm³/mol. The predicted octanol–water partition coefficient (Wildman–Crippen LogP) is -0.0725. The van der Waals surface area contributed by atoms with Crippen molar-refractivity contribution in [3.05, 3.63) is 0 Å². The number of hydrogen-bond donors (Lipinski definition) is 1. The van der Waals surface area contributed by atoms with Crippen LogP contribution < -0.4 is 5.32 Å². The summed E-state index contributed by atoms with van der Waals surface area (Å²) >= 11 is 0. The first-order valence-corrected chi connectivity index (χ1v) is 7.83. The quantitative estimate of drug-likeness (QED) is 0.767. The fourth-order valence-corrected chi connectivity index (χ4v) is 4.50. The van der Waals surface area contributed by atoms with Gasteiger partial charge in [0.05, 0.1) is 0 Å². The van der Waals surface area contributed by atoms with Crippen molar-refractivity contribution in [3.8, 4) is 0 Å². The standard InChI is InChI=1S/C11H21N3O3S/c1-11(2)10(15)12-6-9-14(11)18(16,17)13-7-4-3-5-8-13/h3-9H2,1-2H3,(H,12,15). The maximum Gasteiger partial charge on any atom is 0.283 e. The lowest BCUT2D eigenvalue weighted by atomic mass is 10.0. The van der Waals surface area contributed by atoms with E-state index in [1.807, 2.05) is 0 Å². The van der Waals surface area contributed by atoms with Crippen LogP contribution in [0.4, 0.5) is 0 Å². The van der Waals surface area contributed by atoms with Crippen LogP contribution in [-0.2, 0) is 15.0 Å². The maximum atomic E-state index is 12.6. The van der Waals surface area contributed by atoms with Crippen molar-refractivity contribution in [1.29, 1.82) is 0 Å². The molecule has 2 saturated heterocycles. The fraction of sp³-hybridized carbons (Fsp3) is 0.909. The molecule has 0 aliphatic carbocycles. The van der Waals surface area contributed by atoms with Crippen molar-refractivity contribution >= 4 is 16.1 Å². The van der Waals surface area contributed by atoms with E-state index in [0.717, 1.165) is 19.3 Å². The average molecular weight is 275 g/mol. The van der Waals surface area contributed by atoms with Gasteiger partial charge in [0.15, 0.2) is 0 Å². The van der Waals surface area contributed by atoms with Crippen molar-refractivity contribution in [2.45, 2.75) is 38.6 Å². The molecule has 2 rings (SSSR count). The molecule has 0 atom stereocenters. The van der Waals surface area contributed by atoms with Gasteiger partial charge in [-0.15, -0.1) is 0 Å². The molecule has 1 amide bonds. The first-order valence-electron chi connectivity index (χ1n) is 6.43. The van der Waals surface area contributed by atoms with Crippen LogP contribution in [0.3, 0.4) is 0 Å². The number of piperidine rings is 1. The summed E-state index contributed by atoms with van der Waals surface area (Å²) in [7, 11) is -3.52.